The van der Waals surface area contributed by atoms with Crippen LogP contribution in [0.4, 0.5) is 5.69 Å². The van der Waals surface area contributed by atoms with Crippen LogP contribution in [-0.4, -0.2) is 26.2 Å². The number of methoxy groups -OCH3 is 1. The summed E-state index contributed by atoms with van der Waals surface area (Å²) in [7, 11) is 3.18. The third kappa shape index (κ3) is 3.16. The first kappa shape index (κ1) is 11.4. The minimum atomic E-state index is -0.588. The van der Waals surface area contributed by atoms with Crippen LogP contribution < -0.4 is 10.1 Å². The van der Waals surface area contributed by atoms with Crippen LogP contribution in [0.5, 0.6) is 5.75 Å². The maximum Gasteiger partial charge on any atom is 0.346 e. The number of anilines is 1. The molecule has 0 saturated heterocycles. The maximum atomic E-state index is 11.1. The summed E-state index contributed by atoms with van der Waals surface area (Å²) in [5, 5.41) is 2.99. The second-order valence-corrected chi connectivity index (χ2v) is 3.06. The van der Waals surface area contributed by atoms with Crippen LogP contribution in [0.15, 0.2) is 24.3 Å². The molecular formula is C11H15NO3. The molecule has 1 rings (SSSR count). The number of rotatable bonds is 4. The van der Waals surface area contributed by atoms with Gasteiger partial charge in [-0.1, -0.05) is 0 Å². The topological polar surface area (TPSA) is 47.6 Å². The molecule has 1 N–H and O–H groups in total. The monoisotopic (exact) mass is 209 g/mol. The molecule has 0 saturated carbocycles. The Kier molecular flexibility index (Phi) is 3.97. The number of carbonyl (C=O) groups excluding carboxylic acids is 1. The molecular weight excluding hydrogens is 194 g/mol. The third-order valence-electron chi connectivity index (χ3n) is 1.99. The van der Waals surface area contributed by atoms with Crippen molar-refractivity contribution in [3.8, 4) is 5.75 Å². The van der Waals surface area contributed by atoms with Crippen LogP contribution in [0.2, 0.25) is 0 Å². The molecule has 0 aromatic heterocycles. The van der Waals surface area contributed by atoms with Crippen molar-refractivity contribution in [1.82, 2.24) is 0 Å². The van der Waals surface area contributed by atoms with Gasteiger partial charge < -0.3 is 14.8 Å². The highest BCUT2D eigenvalue weighted by molar-refractivity contribution is 5.74. The summed E-state index contributed by atoms with van der Waals surface area (Å²) in [4.78, 5) is 11.1. The Balaban J connectivity index is 2.60. The molecule has 0 amide bonds. The van der Waals surface area contributed by atoms with Gasteiger partial charge in [-0.15, -0.1) is 0 Å². The number of nitrogens with one attached hydrogen (secondary N) is 1. The van der Waals surface area contributed by atoms with E-state index in [0.29, 0.717) is 5.75 Å². The molecule has 0 heterocycles. The molecule has 0 radical (unpaired) electrons. The van der Waals surface area contributed by atoms with Gasteiger partial charge in [-0.2, -0.15) is 0 Å². The average Bonchev–Trinajstić information content (AvgIpc) is 2.29. The van der Waals surface area contributed by atoms with E-state index < -0.39 is 6.10 Å². The van der Waals surface area contributed by atoms with Gasteiger partial charge in [-0.25, -0.2) is 4.79 Å². The summed E-state index contributed by atoms with van der Waals surface area (Å²) in [6.45, 7) is 1.65. The van der Waals surface area contributed by atoms with E-state index in [-0.39, 0.29) is 5.97 Å². The minimum absolute atomic E-state index is 0.382. The van der Waals surface area contributed by atoms with Crippen molar-refractivity contribution in [2.45, 2.75) is 13.0 Å². The summed E-state index contributed by atoms with van der Waals surface area (Å²) >= 11 is 0. The van der Waals surface area contributed by atoms with Crippen molar-refractivity contribution in [1.29, 1.82) is 0 Å². The van der Waals surface area contributed by atoms with E-state index in [0.717, 1.165) is 5.69 Å². The number of benzene rings is 1. The van der Waals surface area contributed by atoms with Crippen LogP contribution >= 0.6 is 0 Å². The highest BCUT2D eigenvalue weighted by atomic mass is 16.6. The normalized spacial score (nSPS) is 11.7. The van der Waals surface area contributed by atoms with Gasteiger partial charge in [0, 0.05) is 12.7 Å². The molecule has 0 aliphatic carbocycles. The van der Waals surface area contributed by atoms with Crippen LogP contribution in [-0.2, 0) is 9.53 Å². The standard InChI is InChI=1S/C11H15NO3/c1-8(11(13)14-3)15-10-6-4-9(12-2)5-7-10/h4-8,12H,1-3H3. The molecule has 0 bridgehead atoms. The Labute approximate surface area is 89.2 Å². The number of ether oxygens (including phenoxy) is 2. The van der Waals surface area contributed by atoms with Gasteiger partial charge in [-0.05, 0) is 31.2 Å². The Morgan fingerprint density at radius 2 is 1.93 bits per heavy atom. The zero-order valence-corrected chi connectivity index (χ0v) is 9.11. The van der Waals surface area contributed by atoms with Gasteiger partial charge in [0.2, 0.25) is 0 Å². The highest BCUT2D eigenvalue weighted by Crippen LogP contribution is 2.16. The molecule has 0 aliphatic heterocycles. The summed E-state index contributed by atoms with van der Waals surface area (Å²) in [5.74, 6) is 0.264. The fourth-order valence-corrected chi connectivity index (χ4v) is 1.12. The van der Waals surface area contributed by atoms with Crippen LogP contribution in [0.3, 0.4) is 0 Å². The first-order valence-electron chi connectivity index (χ1n) is 4.69. The van der Waals surface area contributed by atoms with Crippen LogP contribution in [0.25, 0.3) is 0 Å². The Hall–Kier alpha value is -1.71. The van der Waals surface area contributed by atoms with Gasteiger partial charge >= 0.3 is 5.97 Å². The van der Waals surface area contributed by atoms with Gasteiger partial charge in [0.15, 0.2) is 6.10 Å². The van der Waals surface area contributed by atoms with Crippen LogP contribution in [0.1, 0.15) is 6.92 Å². The van der Waals surface area contributed by atoms with Crippen molar-refractivity contribution in [2.24, 2.45) is 0 Å². The average molecular weight is 209 g/mol. The van der Waals surface area contributed by atoms with Gasteiger partial charge in [0.1, 0.15) is 5.75 Å². The van der Waals surface area contributed by atoms with Crippen molar-refractivity contribution in [2.75, 3.05) is 19.5 Å². The van der Waals surface area contributed by atoms with Crippen molar-refractivity contribution in [3.05, 3.63) is 24.3 Å². The lowest BCUT2D eigenvalue weighted by molar-refractivity contribution is -0.147. The Morgan fingerprint density at radius 1 is 1.33 bits per heavy atom. The van der Waals surface area contributed by atoms with Gasteiger partial charge in [0.05, 0.1) is 7.11 Å². The minimum Gasteiger partial charge on any atom is -0.479 e. The molecule has 0 fully saturated rings. The van der Waals surface area contributed by atoms with E-state index >= 15 is 0 Å². The second kappa shape index (κ2) is 5.24. The highest BCUT2D eigenvalue weighted by Gasteiger charge is 2.14. The predicted molar refractivity (Wildman–Crippen MR) is 58.1 cm³/mol. The van der Waals surface area contributed by atoms with Crippen molar-refractivity contribution in [3.63, 3.8) is 0 Å². The lowest BCUT2D eigenvalue weighted by Gasteiger charge is -2.12. The lowest BCUT2D eigenvalue weighted by Crippen LogP contribution is -2.24. The quantitative estimate of drug-likeness (QED) is 0.766. The van der Waals surface area contributed by atoms with E-state index in [1.807, 2.05) is 19.2 Å². The van der Waals surface area contributed by atoms with E-state index in [1.54, 1.807) is 19.1 Å². The summed E-state index contributed by atoms with van der Waals surface area (Å²) in [5.41, 5.74) is 0.994. The zero-order valence-electron chi connectivity index (χ0n) is 9.11. The number of hydrogen-bond acceptors (Lipinski definition) is 4. The molecule has 1 aromatic rings. The van der Waals surface area contributed by atoms with Crippen molar-refractivity contribution < 1.29 is 14.3 Å². The zero-order chi connectivity index (χ0) is 11.3. The molecule has 0 spiro atoms. The molecule has 15 heavy (non-hydrogen) atoms. The summed E-state index contributed by atoms with van der Waals surface area (Å²) in [6, 6.07) is 7.34. The largest absolute Gasteiger partial charge is 0.479 e. The lowest BCUT2D eigenvalue weighted by atomic mass is 10.3. The van der Waals surface area contributed by atoms with E-state index in [4.69, 9.17) is 4.74 Å². The van der Waals surface area contributed by atoms with E-state index in [9.17, 15) is 4.79 Å². The third-order valence-corrected chi connectivity index (χ3v) is 1.99. The number of hydrogen-bond donors (Lipinski definition) is 1. The fourth-order valence-electron chi connectivity index (χ4n) is 1.12. The molecule has 1 atom stereocenters. The predicted octanol–water partition coefficient (Wildman–Crippen LogP) is 1.67. The molecule has 1 aromatic carbocycles. The molecule has 4 nitrogen and oxygen atoms in total. The van der Waals surface area contributed by atoms with Crippen LogP contribution in [0, 0.1) is 0 Å². The first-order chi connectivity index (χ1) is 7.17. The summed E-state index contributed by atoms with van der Waals surface area (Å²) in [6.07, 6.45) is -0.588. The first-order valence-corrected chi connectivity index (χ1v) is 4.69. The second-order valence-electron chi connectivity index (χ2n) is 3.06. The fraction of sp³-hybridized carbons (Fsp3) is 0.364. The SMILES string of the molecule is CNc1ccc(OC(C)C(=O)OC)cc1. The molecule has 82 valence electrons. The van der Waals surface area contributed by atoms with Gasteiger partial charge in [-0.3, -0.25) is 0 Å². The van der Waals surface area contributed by atoms with Crippen molar-refractivity contribution >= 4 is 11.7 Å². The van der Waals surface area contributed by atoms with E-state index in [2.05, 4.69) is 10.1 Å². The number of carbonyl (C=O) groups is 1. The Morgan fingerprint density at radius 3 is 2.40 bits per heavy atom. The molecule has 1 unspecified atom stereocenters. The summed E-state index contributed by atoms with van der Waals surface area (Å²) < 4.78 is 9.92. The van der Waals surface area contributed by atoms with E-state index in [1.165, 1.54) is 7.11 Å². The smallest absolute Gasteiger partial charge is 0.346 e. The number of esters is 1. The molecule has 0 aliphatic rings. The maximum absolute atomic E-state index is 11.1. The molecule has 4 heteroatoms. The van der Waals surface area contributed by atoms with Gasteiger partial charge in [0.25, 0.3) is 0 Å². The Bertz CT molecular complexity index is 321.